The highest BCUT2D eigenvalue weighted by atomic mass is 32.2. The van der Waals surface area contributed by atoms with Crippen LogP contribution in [0, 0.1) is 12.7 Å². The molecule has 7 nitrogen and oxygen atoms in total. The summed E-state index contributed by atoms with van der Waals surface area (Å²) in [5.74, 6) is 0.134. The minimum atomic E-state index is -4.03. The van der Waals surface area contributed by atoms with Crippen molar-refractivity contribution in [1.29, 1.82) is 0 Å². The maximum Gasteiger partial charge on any atom is 0.306 e. The Kier molecular flexibility index (Phi) is 8.30. The van der Waals surface area contributed by atoms with Crippen LogP contribution in [0.25, 0.3) is 22.3 Å². The van der Waals surface area contributed by atoms with Gasteiger partial charge in [0.25, 0.3) is 0 Å². The molecule has 0 unspecified atom stereocenters. The Labute approximate surface area is 227 Å². The van der Waals surface area contributed by atoms with Crippen LogP contribution in [-0.4, -0.2) is 36.0 Å². The highest BCUT2D eigenvalue weighted by Crippen LogP contribution is 2.52. The molecule has 0 aliphatic rings. The molecular weight excluding hydrogens is 523 g/mol. The number of hydrogen-bond donors (Lipinski definition) is 0. The first-order valence-electron chi connectivity index (χ1n) is 11.9. The first kappa shape index (κ1) is 27.8. The number of benzene rings is 4. The van der Waals surface area contributed by atoms with Crippen molar-refractivity contribution < 1.29 is 35.9 Å². The molecule has 9 heteroatoms. The molecular formula is C30H29FO7S. The minimum Gasteiger partial charge on any atom is -0.496 e. The molecule has 0 fully saturated rings. The molecule has 0 atom stereocenters. The van der Waals surface area contributed by atoms with Gasteiger partial charge < -0.3 is 23.1 Å². The smallest absolute Gasteiger partial charge is 0.306 e. The van der Waals surface area contributed by atoms with Gasteiger partial charge >= 0.3 is 10.1 Å². The van der Waals surface area contributed by atoms with Crippen molar-refractivity contribution in [3.05, 3.63) is 89.7 Å². The lowest BCUT2D eigenvalue weighted by atomic mass is 9.96. The second-order valence-corrected chi connectivity index (χ2v) is 10.3. The van der Waals surface area contributed by atoms with Crippen LogP contribution in [0.5, 0.6) is 28.7 Å². The molecule has 0 aliphatic carbocycles. The van der Waals surface area contributed by atoms with Gasteiger partial charge in [0.05, 0.1) is 33.1 Å². The Bertz CT molecular complexity index is 1580. The zero-order chi connectivity index (χ0) is 28.2. The molecule has 0 aliphatic heterocycles. The van der Waals surface area contributed by atoms with Crippen LogP contribution < -0.4 is 23.1 Å². The number of para-hydroxylation sites is 1. The zero-order valence-electron chi connectivity index (χ0n) is 22.3. The predicted octanol–water partition coefficient (Wildman–Crippen LogP) is 6.41. The molecule has 0 saturated carbocycles. The van der Waals surface area contributed by atoms with E-state index >= 15 is 4.39 Å². The number of hydrogen-bond acceptors (Lipinski definition) is 7. The fraction of sp³-hybridized carbons (Fsp3) is 0.200. The Morgan fingerprint density at radius 1 is 0.744 bits per heavy atom. The minimum absolute atomic E-state index is 0.0430. The van der Waals surface area contributed by atoms with E-state index in [0.717, 1.165) is 17.4 Å². The van der Waals surface area contributed by atoms with Crippen molar-refractivity contribution in [2.24, 2.45) is 0 Å². The maximum atomic E-state index is 15.3. The highest BCUT2D eigenvalue weighted by Gasteiger charge is 2.27. The lowest BCUT2D eigenvalue weighted by molar-refractivity contribution is 0.290. The molecule has 0 saturated heterocycles. The molecule has 0 radical (unpaired) electrons. The summed E-state index contributed by atoms with van der Waals surface area (Å²) in [6.07, 6.45) is 0.918. The molecule has 0 aromatic heterocycles. The van der Waals surface area contributed by atoms with Crippen molar-refractivity contribution in [3.63, 3.8) is 0 Å². The summed E-state index contributed by atoms with van der Waals surface area (Å²) >= 11 is 0. The van der Waals surface area contributed by atoms with E-state index in [1.807, 2.05) is 31.2 Å². The fourth-order valence-electron chi connectivity index (χ4n) is 4.17. The summed E-state index contributed by atoms with van der Waals surface area (Å²) in [5.41, 5.74) is 3.59. The Balaban J connectivity index is 1.85. The lowest BCUT2D eigenvalue weighted by Crippen LogP contribution is -2.09. The Morgan fingerprint density at radius 2 is 1.44 bits per heavy atom. The fourth-order valence-corrected chi connectivity index (χ4v) is 4.63. The standard InChI is InChI=1S/C30H29FO7S/c1-19-10-12-20(13-11-19)18-37-26-15-14-21(16-24(26)31)28-27(35-3)17-23(22-8-6-7-9-25(22)34-2)29(36-4)30(28)38-39(5,32)33/h6-17H,18H2,1-5H3. The molecule has 39 heavy (non-hydrogen) atoms. The summed E-state index contributed by atoms with van der Waals surface area (Å²) in [4.78, 5) is 0. The van der Waals surface area contributed by atoms with Gasteiger partial charge in [0.1, 0.15) is 18.1 Å². The summed E-state index contributed by atoms with van der Waals surface area (Å²) in [5, 5.41) is 0. The molecule has 4 aromatic carbocycles. The Hall–Kier alpha value is -4.24. The molecule has 4 aromatic rings. The first-order chi connectivity index (χ1) is 18.6. The van der Waals surface area contributed by atoms with Gasteiger partial charge in [0.15, 0.2) is 23.1 Å². The third kappa shape index (κ3) is 6.26. The number of methoxy groups -OCH3 is 3. The first-order valence-corrected chi connectivity index (χ1v) is 13.8. The van der Waals surface area contributed by atoms with Crippen LogP contribution >= 0.6 is 0 Å². The molecule has 0 amide bonds. The number of rotatable bonds is 10. The van der Waals surface area contributed by atoms with Crippen molar-refractivity contribution in [2.75, 3.05) is 27.6 Å². The van der Waals surface area contributed by atoms with Gasteiger partial charge in [-0.2, -0.15) is 8.42 Å². The zero-order valence-corrected chi connectivity index (χ0v) is 23.1. The maximum absolute atomic E-state index is 15.3. The van der Waals surface area contributed by atoms with Crippen LogP contribution in [0.2, 0.25) is 0 Å². The average molecular weight is 553 g/mol. The van der Waals surface area contributed by atoms with E-state index < -0.39 is 15.9 Å². The number of halogens is 1. The van der Waals surface area contributed by atoms with Gasteiger partial charge in [0.2, 0.25) is 0 Å². The molecule has 204 valence electrons. The van der Waals surface area contributed by atoms with E-state index in [0.29, 0.717) is 22.4 Å². The van der Waals surface area contributed by atoms with Crippen molar-refractivity contribution in [3.8, 4) is 51.0 Å². The predicted molar refractivity (Wildman–Crippen MR) is 148 cm³/mol. The molecule has 0 bridgehead atoms. The third-order valence-corrected chi connectivity index (χ3v) is 6.46. The van der Waals surface area contributed by atoms with Gasteiger partial charge in [-0.05, 0) is 42.3 Å². The van der Waals surface area contributed by atoms with E-state index in [1.54, 1.807) is 36.4 Å². The number of aryl methyl sites for hydroxylation is 1. The van der Waals surface area contributed by atoms with Crippen LogP contribution in [-0.2, 0) is 16.7 Å². The molecule has 4 rings (SSSR count). The van der Waals surface area contributed by atoms with Crippen molar-refractivity contribution in [2.45, 2.75) is 13.5 Å². The lowest BCUT2D eigenvalue weighted by Gasteiger charge is -2.21. The van der Waals surface area contributed by atoms with Crippen LogP contribution in [0.3, 0.4) is 0 Å². The van der Waals surface area contributed by atoms with E-state index in [-0.39, 0.29) is 35.2 Å². The van der Waals surface area contributed by atoms with Crippen LogP contribution in [0.4, 0.5) is 4.39 Å². The van der Waals surface area contributed by atoms with Gasteiger partial charge in [-0.15, -0.1) is 0 Å². The summed E-state index contributed by atoms with van der Waals surface area (Å²) < 4.78 is 67.9. The van der Waals surface area contributed by atoms with E-state index in [9.17, 15) is 8.42 Å². The Morgan fingerprint density at radius 3 is 2.05 bits per heavy atom. The quantitative estimate of drug-likeness (QED) is 0.210. The topological polar surface area (TPSA) is 80.3 Å². The largest absolute Gasteiger partial charge is 0.496 e. The van der Waals surface area contributed by atoms with Gasteiger partial charge in [0, 0.05) is 11.1 Å². The van der Waals surface area contributed by atoms with Crippen molar-refractivity contribution in [1.82, 2.24) is 0 Å². The second-order valence-electron chi connectivity index (χ2n) is 8.77. The van der Waals surface area contributed by atoms with Gasteiger partial charge in [-0.25, -0.2) is 4.39 Å². The van der Waals surface area contributed by atoms with Crippen molar-refractivity contribution >= 4 is 10.1 Å². The van der Waals surface area contributed by atoms with Crippen LogP contribution in [0.15, 0.2) is 72.8 Å². The third-order valence-electron chi connectivity index (χ3n) is 5.99. The molecule has 0 spiro atoms. The van der Waals surface area contributed by atoms with Crippen LogP contribution in [0.1, 0.15) is 11.1 Å². The van der Waals surface area contributed by atoms with Gasteiger partial charge in [-0.3, -0.25) is 0 Å². The van der Waals surface area contributed by atoms with Gasteiger partial charge in [-0.1, -0.05) is 54.1 Å². The summed E-state index contributed by atoms with van der Waals surface area (Å²) in [7, 11) is 0.317. The highest BCUT2D eigenvalue weighted by molar-refractivity contribution is 7.86. The van der Waals surface area contributed by atoms with E-state index in [2.05, 4.69) is 0 Å². The SMILES string of the molecule is COc1ccccc1-c1cc(OC)c(-c2ccc(OCc3ccc(C)cc3)c(F)c2)c(OS(C)(=O)=O)c1OC. The second kappa shape index (κ2) is 11.7. The normalized spacial score (nSPS) is 11.1. The summed E-state index contributed by atoms with van der Waals surface area (Å²) in [6, 6.07) is 20.9. The van der Waals surface area contributed by atoms with E-state index in [4.69, 9.17) is 23.1 Å². The molecule has 0 N–H and O–H groups in total. The number of ether oxygens (including phenoxy) is 4. The molecule has 0 heterocycles. The van der Waals surface area contributed by atoms with E-state index in [1.165, 1.54) is 33.5 Å². The monoisotopic (exact) mass is 552 g/mol. The average Bonchev–Trinajstić information content (AvgIpc) is 2.91. The summed E-state index contributed by atoms with van der Waals surface area (Å²) in [6.45, 7) is 2.17.